The third-order valence-electron chi connectivity index (χ3n) is 2.94. The topological polar surface area (TPSA) is 29.9 Å². The van der Waals surface area contributed by atoms with Crippen LogP contribution in [0.25, 0.3) is 0 Å². The molecule has 0 fully saturated rings. The lowest BCUT2D eigenvalue weighted by Crippen LogP contribution is -2.08. The zero-order valence-electron chi connectivity index (χ0n) is 10.4. The molecule has 0 saturated heterocycles. The largest absolute Gasteiger partial charge is 0.316 e. The van der Waals surface area contributed by atoms with E-state index in [1.54, 1.807) is 0 Å². The van der Waals surface area contributed by atoms with Crippen LogP contribution >= 0.6 is 23.2 Å². The summed E-state index contributed by atoms with van der Waals surface area (Å²) in [4.78, 5) is 0. The van der Waals surface area contributed by atoms with Crippen LogP contribution in [0.15, 0.2) is 24.4 Å². The van der Waals surface area contributed by atoms with Gasteiger partial charge < -0.3 is 5.32 Å². The first-order valence-corrected chi connectivity index (χ1v) is 6.48. The molecule has 0 aliphatic carbocycles. The standard InChI is InChI=1S/C13H15Cl2N3/c1-9-10(6-16-2)7-17-18(9)8-11-12(14)4-3-5-13(11)15/h3-5,7,16H,6,8H2,1-2H3. The van der Waals surface area contributed by atoms with Crippen LogP contribution in [0.2, 0.25) is 10.0 Å². The molecule has 0 saturated carbocycles. The molecule has 0 bridgehead atoms. The molecule has 0 unspecified atom stereocenters. The van der Waals surface area contributed by atoms with Gasteiger partial charge in [0.2, 0.25) is 0 Å². The van der Waals surface area contributed by atoms with Crippen molar-refractivity contribution in [3.63, 3.8) is 0 Å². The Morgan fingerprint density at radius 3 is 2.56 bits per heavy atom. The highest BCUT2D eigenvalue weighted by Crippen LogP contribution is 2.25. The summed E-state index contributed by atoms with van der Waals surface area (Å²) in [6.07, 6.45) is 1.87. The van der Waals surface area contributed by atoms with Gasteiger partial charge in [0.05, 0.1) is 12.7 Å². The molecule has 0 aliphatic heterocycles. The second-order valence-corrected chi connectivity index (χ2v) is 4.96. The Morgan fingerprint density at radius 2 is 1.94 bits per heavy atom. The summed E-state index contributed by atoms with van der Waals surface area (Å²) in [5, 5.41) is 8.84. The number of hydrogen-bond donors (Lipinski definition) is 1. The van der Waals surface area contributed by atoms with Gasteiger partial charge in [-0.1, -0.05) is 29.3 Å². The van der Waals surface area contributed by atoms with E-state index < -0.39 is 0 Å². The minimum atomic E-state index is 0.591. The van der Waals surface area contributed by atoms with Gasteiger partial charge in [-0.25, -0.2) is 0 Å². The number of halogens is 2. The Morgan fingerprint density at radius 1 is 1.28 bits per heavy atom. The molecule has 1 heterocycles. The molecule has 1 aromatic heterocycles. The molecule has 18 heavy (non-hydrogen) atoms. The average molecular weight is 284 g/mol. The number of aromatic nitrogens is 2. The highest BCUT2D eigenvalue weighted by molar-refractivity contribution is 6.35. The average Bonchev–Trinajstić information content (AvgIpc) is 2.67. The Bertz CT molecular complexity index is 529. The molecule has 0 aliphatic rings. The summed E-state index contributed by atoms with van der Waals surface area (Å²) in [5.74, 6) is 0. The fourth-order valence-corrected chi connectivity index (χ4v) is 2.36. The van der Waals surface area contributed by atoms with Crippen LogP contribution in [-0.2, 0) is 13.1 Å². The van der Waals surface area contributed by atoms with E-state index in [0.29, 0.717) is 16.6 Å². The molecule has 1 aromatic carbocycles. The van der Waals surface area contributed by atoms with Crippen molar-refractivity contribution < 1.29 is 0 Å². The molecule has 0 atom stereocenters. The zero-order valence-corrected chi connectivity index (χ0v) is 11.9. The molecule has 96 valence electrons. The quantitative estimate of drug-likeness (QED) is 0.933. The molecular formula is C13H15Cl2N3. The number of nitrogens with zero attached hydrogens (tertiary/aromatic N) is 2. The van der Waals surface area contributed by atoms with Gasteiger partial charge in [0.1, 0.15) is 0 Å². The number of nitrogens with one attached hydrogen (secondary N) is 1. The van der Waals surface area contributed by atoms with Crippen LogP contribution in [0.5, 0.6) is 0 Å². The maximum Gasteiger partial charge on any atom is 0.0691 e. The van der Waals surface area contributed by atoms with E-state index in [2.05, 4.69) is 10.4 Å². The second-order valence-electron chi connectivity index (χ2n) is 4.14. The van der Waals surface area contributed by atoms with Crippen LogP contribution in [0.1, 0.15) is 16.8 Å². The summed E-state index contributed by atoms with van der Waals surface area (Å²) in [6, 6.07) is 5.53. The van der Waals surface area contributed by atoms with Crippen molar-refractivity contribution in [2.45, 2.75) is 20.0 Å². The van der Waals surface area contributed by atoms with Gasteiger partial charge in [-0.3, -0.25) is 4.68 Å². The summed E-state index contributed by atoms with van der Waals surface area (Å²) >= 11 is 12.3. The molecule has 2 rings (SSSR count). The lowest BCUT2D eigenvalue weighted by atomic mass is 10.2. The Labute approximate surface area is 117 Å². The lowest BCUT2D eigenvalue weighted by molar-refractivity contribution is 0.662. The fraction of sp³-hybridized carbons (Fsp3) is 0.308. The van der Waals surface area contributed by atoms with Crippen LogP contribution in [0.4, 0.5) is 0 Å². The van der Waals surface area contributed by atoms with Crippen LogP contribution < -0.4 is 5.32 Å². The first kappa shape index (κ1) is 13.4. The van der Waals surface area contributed by atoms with Crippen molar-refractivity contribution in [3.05, 3.63) is 51.3 Å². The fourth-order valence-electron chi connectivity index (χ4n) is 1.84. The normalized spacial score (nSPS) is 10.9. The minimum Gasteiger partial charge on any atom is -0.316 e. The van der Waals surface area contributed by atoms with Gasteiger partial charge in [0.15, 0.2) is 0 Å². The molecule has 5 heteroatoms. The molecule has 2 aromatic rings. The third kappa shape index (κ3) is 2.69. The Balaban J connectivity index is 2.29. The van der Waals surface area contributed by atoms with Crippen molar-refractivity contribution in [1.82, 2.24) is 15.1 Å². The molecule has 0 radical (unpaired) electrons. The van der Waals surface area contributed by atoms with Crippen molar-refractivity contribution in [3.8, 4) is 0 Å². The van der Waals surface area contributed by atoms with Crippen LogP contribution in [0.3, 0.4) is 0 Å². The summed E-state index contributed by atoms with van der Waals surface area (Å²) < 4.78 is 1.92. The van der Waals surface area contributed by atoms with E-state index in [4.69, 9.17) is 23.2 Å². The van der Waals surface area contributed by atoms with Gasteiger partial charge in [-0.15, -0.1) is 0 Å². The minimum absolute atomic E-state index is 0.591. The van der Waals surface area contributed by atoms with Crippen molar-refractivity contribution >= 4 is 23.2 Å². The Hall–Kier alpha value is -1.03. The zero-order chi connectivity index (χ0) is 13.1. The highest BCUT2D eigenvalue weighted by Gasteiger charge is 2.10. The number of hydrogen-bond acceptors (Lipinski definition) is 2. The van der Waals surface area contributed by atoms with Gasteiger partial charge >= 0.3 is 0 Å². The second kappa shape index (κ2) is 5.74. The first-order valence-electron chi connectivity index (χ1n) is 5.72. The van der Waals surface area contributed by atoms with Gasteiger partial charge in [-0.05, 0) is 26.1 Å². The van der Waals surface area contributed by atoms with E-state index in [0.717, 1.165) is 17.8 Å². The monoisotopic (exact) mass is 283 g/mol. The van der Waals surface area contributed by atoms with E-state index in [-0.39, 0.29) is 0 Å². The maximum atomic E-state index is 6.16. The molecule has 0 amide bonds. The number of benzene rings is 1. The van der Waals surface area contributed by atoms with Crippen molar-refractivity contribution in [2.75, 3.05) is 7.05 Å². The van der Waals surface area contributed by atoms with Crippen molar-refractivity contribution in [1.29, 1.82) is 0 Å². The lowest BCUT2D eigenvalue weighted by Gasteiger charge is -2.09. The van der Waals surface area contributed by atoms with Gasteiger partial charge in [-0.2, -0.15) is 5.10 Å². The predicted molar refractivity (Wildman–Crippen MR) is 75.3 cm³/mol. The van der Waals surface area contributed by atoms with Gasteiger partial charge in [0, 0.05) is 33.4 Å². The van der Waals surface area contributed by atoms with Crippen LogP contribution in [0, 0.1) is 6.92 Å². The summed E-state index contributed by atoms with van der Waals surface area (Å²) in [5.41, 5.74) is 3.21. The van der Waals surface area contributed by atoms with E-state index in [9.17, 15) is 0 Å². The molecule has 0 spiro atoms. The highest BCUT2D eigenvalue weighted by atomic mass is 35.5. The number of rotatable bonds is 4. The van der Waals surface area contributed by atoms with Crippen LogP contribution in [-0.4, -0.2) is 16.8 Å². The van der Waals surface area contributed by atoms with E-state index >= 15 is 0 Å². The summed E-state index contributed by atoms with van der Waals surface area (Å²) in [6.45, 7) is 3.45. The van der Waals surface area contributed by atoms with Crippen molar-refractivity contribution in [2.24, 2.45) is 0 Å². The van der Waals surface area contributed by atoms with E-state index in [1.165, 1.54) is 5.56 Å². The first-order chi connectivity index (χ1) is 8.63. The third-order valence-corrected chi connectivity index (χ3v) is 3.65. The Kier molecular flexibility index (Phi) is 4.27. The summed E-state index contributed by atoms with van der Waals surface area (Å²) in [7, 11) is 1.92. The maximum absolute atomic E-state index is 6.16. The smallest absolute Gasteiger partial charge is 0.0691 e. The molecule has 1 N–H and O–H groups in total. The molecule has 3 nitrogen and oxygen atoms in total. The predicted octanol–water partition coefficient (Wildman–Crippen LogP) is 3.27. The SMILES string of the molecule is CNCc1cnn(Cc2c(Cl)cccc2Cl)c1C. The van der Waals surface area contributed by atoms with E-state index in [1.807, 2.05) is 43.0 Å². The van der Waals surface area contributed by atoms with Gasteiger partial charge in [0.25, 0.3) is 0 Å². The molecular weight excluding hydrogens is 269 g/mol.